The molecule has 1 aromatic heterocycles. The van der Waals surface area contributed by atoms with Crippen molar-refractivity contribution < 1.29 is 22.7 Å². The number of halogens is 3. The lowest BCUT2D eigenvalue weighted by Gasteiger charge is -2.16. The molecule has 2 aromatic carbocycles. The van der Waals surface area contributed by atoms with E-state index in [1.165, 1.54) is 6.07 Å². The number of carbonyl (C=O) groups is 1. The van der Waals surface area contributed by atoms with Gasteiger partial charge in [0.15, 0.2) is 0 Å². The van der Waals surface area contributed by atoms with Gasteiger partial charge < -0.3 is 10.1 Å². The number of aryl methyl sites for hydroxylation is 1. The highest BCUT2D eigenvalue weighted by atomic mass is 19.4. The summed E-state index contributed by atoms with van der Waals surface area (Å²) in [5, 5.41) is 7.39. The molecule has 0 saturated heterocycles. The molecular formula is C24H26F3N3O2. The Morgan fingerprint density at radius 1 is 1.16 bits per heavy atom. The Morgan fingerprint density at radius 2 is 1.88 bits per heavy atom. The standard InChI is InChI=1S/C24H26F3N3O2/c1-15(18-7-5-8-19(13-18)24(25,26)27)28-23(31)12-11-22-16(2)29-30(17(22)3)20-9-6-10-21(14-20)32-4/h5-10,13-15H,11-12H2,1-4H3,(H,28,31)/t15-/m0/s1. The van der Waals surface area contributed by atoms with Gasteiger partial charge >= 0.3 is 6.18 Å². The highest BCUT2D eigenvalue weighted by molar-refractivity contribution is 5.76. The number of nitrogens with one attached hydrogen (secondary N) is 1. The van der Waals surface area contributed by atoms with Crippen LogP contribution in [0.1, 0.15) is 47.5 Å². The minimum Gasteiger partial charge on any atom is -0.497 e. The van der Waals surface area contributed by atoms with Crippen LogP contribution in [0.25, 0.3) is 5.69 Å². The Hall–Kier alpha value is -3.29. The molecule has 0 saturated carbocycles. The molecule has 0 bridgehead atoms. The summed E-state index contributed by atoms with van der Waals surface area (Å²) in [4.78, 5) is 12.5. The molecule has 32 heavy (non-hydrogen) atoms. The van der Waals surface area contributed by atoms with Crippen LogP contribution in [0.15, 0.2) is 48.5 Å². The third-order valence-corrected chi connectivity index (χ3v) is 5.43. The summed E-state index contributed by atoms with van der Waals surface area (Å²) in [5.74, 6) is 0.488. The van der Waals surface area contributed by atoms with Crippen LogP contribution in [-0.2, 0) is 17.4 Å². The van der Waals surface area contributed by atoms with Crippen molar-refractivity contribution in [2.24, 2.45) is 0 Å². The van der Waals surface area contributed by atoms with Gasteiger partial charge in [-0.15, -0.1) is 0 Å². The Labute approximate surface area is 185 Å². The van der Waals surface area contributed by atoms with Gasteiger partial charge in [0.1, 0.15) is 5.75 Å². The largest absolute Gasteiger partial charge is 0.497 e. The first-order valence-corrected chi connectivity index (χ1v) is 10.3. The Balaban J connectivity index is 1.67. The van der Waals surface area contributed by atoms with Gasteiger partial charge in [-0.1, -0.05) is 18.2 Å². The fraction of sp³-hybridized carbons (Fsp3) is 0.333. The van der Waals surface area contributed by atoms with Crippen molar-refractivity contribution in [1.82, 2.24) is 15.1 Å². The molecule has 1 atom stereocenters. The minimum atomic E-state index is -4.42. The van der Waals surface area contributed by atoms with Gasteiger partial charge in [-0.3, -0.25) is 4.79 Å². The number of ether oxygens (including phenoxy) is 1. The van der Waals surface area contributed by atoms with Crippen molar-refractivity contribution in [3.8, 4) is 11.4 Å². The fourth-order valence-corrected chi connectivity index (χ4v) is 3.65. The average molecular weight is 445 g/mol. The summed E-state index contributed by atoms with van der Waals surface area (Å²) in [6.45, 7) is 5.50. The molecule has 170 valence electrons. The van der Waals surface area contributed by atoms with Gasteiger partial charge in [-0.05, 0) is 62.6 Å². The topological polar surface area (TPSA) is 56.2 Å². The number of benzene rings is 2. The van der Waals surface area contributed by atoms with Crippen LogP contribution in [-0.4, -0.2) is 22.8 Å². The molecule has 0 unspecified atom stereocenters. The molecule has 0 radical (unpaired) electrons. The quantitative estimate of drug-likeness (QED) is 0.535. The van der Waals surface area contributed by atoms with E-state index in [4.69, 9.17) is 4.74 Å². The van der Waals surface area contributed by atoms with E-state index in [1.54, 1.807) is 20.1 Å². The van der Waals surface area contributed by atoms with E-state index >= 15 is 0 Å². The number of nitrogens with zero attached hydrogens (tertiary/aromatic N) is 2. The van der Waals surface area contributed by atoms with E-state index in [1.807, 2.05) is 42.8 Å². The number of methoxy groups -OCH3 is 1. The van der Waals surface area contributed by atoms with E-state index in [0.29, 0.717) is 12.0 Å². The highest BCUT2D eigenvalue weighted by Gasteiger charge is 2.30. The number of carbonyl (C=O) groups excluding carboxylic acids is 1. The second-order valence-corrected chi connectivity index (χ2v) is 7.68. The maximum atomic E-state index is 12.9. The van der Waals surface area contributed by atoms with E-state index in [2.05, 4.69) is 10.4 Å². The maximum absolute atomic E-state index is 12.9. The van der Waals surface area contributed by atoms with Crippen LogP contribution in [0.5, 0.6) is 5.75 Å². The zero-order chi connectivity index (χ0) is 23.5. The molecule has 3 aromatic rings. The van der Waals surface area contributed by atoms with Crippen molar-refractivity contribution >= 4 is 5.91 Å². The van der Waals surface area contributed by atoms with Crippen LogP contribution in [0.3, 0.4) is 0 Å². The average Bonchev–Trinajstić information content (AvgIpc) is 3.05. The number of rotatable bonds is 7. The first-order valence-electron chi connectivity index (χ1n) is 10.3. The summed E-state index contributed by atoms with van der Waals surface area (Å²) in [6.07, 6.45) is -3.74. The second-order valence-electron chi connectivity index (χ2n) is 7.68. The first-order chi connectivity index (χ1) is 15.1. The van der Waals surface area contributed by atoms with Gasteiger partial charge in [0.2, 0.25) is 5.91 Å². The predicted octanol–water partition coefficient (Wildman–Crippen LogP) is 5.33. The molecule has 0 aliphatic carbocycles. The van der Waals surface area contributed by atoms with E-state index < -0.39 is 17.8 Å². The lowest BCUT2D eigenvalue weighted by molar-refractivity contribution is -0.137. The normalized spacial score (nSPS) is 12.5. The number of hydrogen-bond donors (Lipinski definition) is 1. The molecule has 0 aliphatic heterocycles. The van der Waals surface area contributed by atoms with Gasteiger partial charge in [0.25, 0.3) is 0 Å². The van der Waals surface area contributed by atoms with Crippen LogP contribution >= 0.6 is 0 Å². The molecule has 0 fully saturated rings. The second kappa shape index (κ2) is 9.46. The Morgan fingerprint density at radius 3 is 2.56 bits per heavy atom. The monoisotopic (exact) mass is 445 g/mol. The summed E-state index contributed by atoms with van der Waals surface area (Å²) >= 11 is 0. The summed E-state index contributed by atoms with van der Waals surface area (Å²) < 4.78 is 45.9. The molecular weight excluding hydrogens is 419 g/mol. The van der Waals surface area contributed by atoms with Crippen LogP contribution in [0.2, 0.25) is 0 Å². The van der Waals surface area contributed by atoms with Crippen molar-refractivity contribution in [3.05, 3.63) is 76.6 Å². The molecule has 1 amide bonds. The van der Waals surface area contributed by atoms with Crippen LogP contribution in [0.4, 0.5) is 13.2 Å². The summed E-state index contributed by atoms with van der Waals surface area (Å²) in [7, 11) is 1.60. The lowest BCUT2D eigenvalue weighted by atomic mass is 10.0. The summed E-state index contributed by atoms with van der Waals surface area (Å²) in [6, 6.07) is 12.0. The molecule has 8 heteroatoms. The first kappa shape index (κ1) is 23.4. The van der Waals surface area contributed by atoms with Crippen molar-refractivity contribution in [3.63, 3.8) is 0 Å². The van der Waals surface area contributed by atoms with Gasteiger partial charge in [-0.2, -0.15) is 18.3 Å². The molecule has 5 nitrogen and oxygen atoms in total. The van der Waals surface area contributed by atoms with Gasteiger partial charge in [0, 0.05) is 18.2 Å². The maximum Gasteiger partial charge on any atom is 0.416 e. The molecule has 1 N–H and O–H groups in total. The molecule has 0 spiro atoms. The third kappa shape index (κ3) is 5.30. The minimum absolute atomic E-state index is 0.203. The van der Waals surface area contributed by atoms with Gasteiger partial charge in [0.05, 0.1) is 30.1 Å². The van der Waals surface area contributed by atoms with Crippen molar-refractivity contribution in [2.75, 3.05) is 7.11 Å². The van der Waals surface area contributed by atoms with Crippen LogP contribution < -0.4 is 10.1 Å². The van der Waals surface area contributed by atoms with E-state index in [-0.39, 0.29) is 12.3 Å². The third-order valence-electron chi connectivity index (χ3n) is 5.43. The molecule has 1 heterocycles. The van der Waals surface area contributed by atoms with Crippen LogP contribution in [0, 0.1) is 13.8 Å². The zero-order valence-corrected chi connectivity index (χ0v) is 18.5. The molecule has 0 aliphatic rings. The molecule has 3 rings (SSSR count). The number of alkyl halides is 3. The zero-order valence-electron chi connectivity index (χ0n) is 18.5. The number of amides is 1. The Kier molecular flexibility index (Phi) is 6.91. The van der Waals surface area contributed by atoms with E-state index in [0.717, 1.165) is 40.5 Å². The predicted molar refractivity (Wildman–Crippen MR) is 116 cm³/mol. The lowest BCUT2D eigenvalue weighted by Crippen LogP contribution is -2.27. The number of hydrogen-bond acceptors (Lipinski definition) is 3. The van der Waals surface area contributed by atoms with Crippen molar-refractivity contribution in [1.29, 1.82) is 0 Å². The van der Waals surface area contributed by atoms with E-state index in [9.17, 15) is 18.0 Å². The van der Waals surface area contributed by atoms with Crippen molar-refractivity contribution in [2.45, 2.75) is 45.8 Å². The fourth-order valence-electron chi connectivity index (χ4n) is 3.65. The highest BCUT2D eigenvalue weighted by Crippen LogP contribution is 2.30. The summed E-state index contributed by atoms with van der Waals surface area (Å²) in [5.41, 5.74) is 3.26. The van der Waals surface area contributed by atoms with Gasteiger partial charge in [-0.25, -0.2) is 4.68 Å². The number of aromatic nitrogens is 2. The Bertz CT molecular complexity index is 1110. The SMILES string of the molecule is COc1cccc(-n2nc(C)c(CCC(=O)N[C@@H](C)c3cccc(C(F)(F)F)c3)c2C)c1. The smallest absolute Gasteiger partial charge is 0.416 e.